The number of fused-ring (bicyclic) bond motifs is 2. The molecule has 0 aliphatic carbocycles. The van der Waals surface area contributed by atoms with Gasteiger partial charge in [0.15, 0.2) is 0 Å². The normalized spacial score (nSPS) is 14.8. The molecule has 2 aromatic carbocycles. The average Bonchev–Trinajstić information content (AvgIpc) is 2.87. The lowest BCUT2D eigenvalue weighted by molar-refractivity contribution is 0.252. The lowest BCUT2D eigenvalue weighted by Crippen LogP contribution is -2.47. The minimum Gasteiger partial charge on any atom is -0.354 e. The van der Waals surface area contributed by atoms with Gasteiger partial charge < -0.3 is 10.7 Å². The van der Waals surface area contributed by atoms with E-state index in [9.17, 15) is 4.79 Å². The van der Waals surface area contributed by atoms with E-state index in [2.05, 4.69) is 52.9 Å². The number of nitrogens with two attached hydrogens (primary N) is 1. The number of anilines is 1. The molecule has 7 heteroatoms. The zero-order valence-electron chi connectivity index (χ0n) is 20.0. The summed E-state index contributed by atoms with van der Waals surface area (Å²) in [4.78, 5) is 27.0. The van der Waals surface area contributed by atoms with Crippen molar-refractivity contribution in [2.45, 2.75) is 33.1 Å². The van der Waals surface area contributed by atoms with Crippen molar-refractivity contribution >= 4 is 27.6 Å². The van der Waals surface area contributed by atoms with Gasteiger partial charge in [0.05, 0.1) is 16.4 Å². The average molecular weight is 457 g/mol. The Bertz CT molecular complexity index is 1390. The highest BCUT2D eigenvalue weighted by atomic mass is 16.1. The number of para-hydroxylation sites is 2. The first-order valence-electron chi connectivity index (χ1n) is 12.1. The second-order valence-corrected chi connectivity index (χ2v) is 9.21. The van der Waals surface area contributed by atoms with Crippen molar-refractivity contribution in [1.29, 1.82) is 0 Å². The number of benzene rings is 2. The maximum atomic E-state index is 12.5. The summed E-state index contributed by atoms with van der Waals surface area (Å²) < 4.78 is 1.21. The largest absolute Gasteiger partial charge is 0.354 e. The smallest absolute Gasteiger partial charge is 0.279 e. The van der Waals surface area contributed by atoms with Crippen molar-refractivity contribution in [3.63, 3.8) is 0 Å². The first-order valence-corrected chi connectivity index (χ1v) is 12.1. The van der Waals surface area contributed by atoms with Gasteiger partial charge in [0.2, 0.25) is 0 Å². The summed E-state index contributed by atoms with van der Waals surface area (Å²) in [6.45, 7) is 9.46. The minimum absolute atomic E-state index is 0.176. The lowest BCUT2D eigenvalue weighted by atomic mass is 10.0. The molecule has 0 atom stereocenters. The van der Waals surface area contributed by atoms with E-state index in [1.807, 2.05) is 18.2 Å². The fourth-order valence-electron chi connectivity index (χ4n) is 4.93. The van der Waals surface area contributed by atoms with Crippen LogP contribution in [-0.2, 0) is 6.42 Å². The third kappa shape index (κ3) is 4.23. The monoisotopic (exact) mass is 456 g/mol. The van der Waals surface area contributed by atoms with Crippen LogP contribution in [-0.4, -0.2) is 52.3 Å². The SMILES string of the molecule is Cc1c(N2CCN(CCCCc3nc4ccccc4c(=O)n3N)CC2)nc2ccccc2c1C. The highest BCUT2D eigenvalue weighted by Crippen LogP contribution is 2.28. The van der Waals surface area contributed by atoms with Crippen LogP contribution < -0.4 is 16.3 Å². The molecule has 7 nitrogen and oxygen atoms in total. The summed E-state index contributed by atoms with van der Waals surface area (Å²) in [6, 6.07) is 15.8. The van der Waals surface area contributed by atoms with E-state index in [4.69, 9.17) is 10.8 Å². The molecule has 0 bridgehead atoms. The third-order valence-corrected chi connectivity index (χ3v) is 7.11. The number of pyridine rings is 1. The molecule has 1 aliphatic rings. The molecule has 0 radical (unpaired) electrons. The molecule has 5 rings (SSSR count). The Morgan fingerprint density at radius 3 is 2.21 bits per heavy atom. The van der Waals surface area contributed by atoms with Gasteiger partial charge in [-0.05, 0) is 62.6 Å². The molecule has 3 heterocycles. The molecule has 2 N–H and O–H groups in total. The van der Waals surface area contributed by atoms with Crippen molar-refractivity contribution in [1.82, 2.24) is 19.5 Å². The number of hydrogen-bond donors (Lipinski definition) is 1. The van der Waals surface area contributed by atoms with Crippen LogP contribution >= 0.6 is 0 Å². The maximum Gasteiger partial charge on any atom is 0.279 e. The Kier molecular flexibility index (Phi) is 6.20. The molecule has 1 aliphatic heterocycles. The van der Waals surface area contributed by atoms with E-state index >= 15 is 0 Å². The van der Waals surface area contributed by atoms with Gasteiger partial charge in [0, 0.05) is 38.0 Å². The van der Waals surface area contributed by atoms with Crippen molar-refractivity contribution in [3.05, 3.63) is 75.8 Å². The minimum atomic E-state index is -0.176. The first kappa shape index (κ1) is 22.3. The molecule has 4 aromatic rings. The van der Waals surface area contributed by atoms with Gasteiger partial charge in [0.25, 0.3) is 5.56 Å². The Morgan fingerprint density at radius 2 is 1.47 bits per heavy atom. The number of aryl methyl sites for hydroxylation is 2. The summed E-state index contributed by atoms with van der Waals surface area (Å²) in [7, 11) is 0. The van der Waals surface area contributed by atoms with Crippen LogP contribution in [0.15, 0.2) is 53.3 Å². The Hall–Kier alpha value is -3.45. The van der Waals surface area contributed by atoms with E-state index < -0.39 is 0 Å². The molecule has 1 fully saturated rings. The van der Waals surface area contributed by atoms with Gasteiger partial charge in [-0.2, -0.15) is 0 Å². The summed E-state index contributed by atoms with van der Waals surface area (Å²) in [6.07, 6.45) is 2.71. The molecule has 2 aromatic heterocycles. The van der Waals surface area contributed by atoms with Gasteiger partial charge in [-0.3, -0.25) is 9.69 Å². The van der Waals surface area contributed by atoms with Gasteiger partial charge in [-0.1, -0.05) is 30.3 Å². The van der Waals surface area contributed by atoms with Crippen molar-refractivity contribution in [2.75, 3.05) is 43.5 Å². The maximum absolute atomic E-state index is 12.5. The molecule has 34 heavy (non-hydrogen) atoms. The molecule has 1 saturated heterocycles. The van der Waals surface area contributed by atoms with Crippen LogP contribution in [0.1, 0.15) is 29.8 Å². The second kappa shape index (κ2) is 9.43. The van der Waals surface area contributed by atoms with Crippen LogP contribution in [0.2, 0.25) is 0 Å². The van der Waals surface area contributed by atoms with Crippen LogP contribution in [0.5, 0.6) is 0 Å². The number of nitrogens with zero attached hydrogens (tertiary/aromatic N) is 5. The fourth-order valence-corrected chi connectivity index (χ4v) is 4.93. The summed E-state index contributed by atoms with van der Waals surface area (Å²) in [5.41, 5.74) is 4.22. The van der Waals surface area contributed by atoms with Crippen LogP contribution in [0.25, 0.3) is 21.8 Å². The summed E-state index contributed by atoms with van der Waals surface area (Å²) in [5, 5.41) is 1.81. The zero-order valence-corrected chi connectivity index (χ0v) is 20.0. The lowest BCUT2D eigenvalue weighted by Gasteiger charge is -2.36. The van der Waals surface area contributed by atoms with Crippen LogP contribution in [0.4, 0.5) is 5.82 Å². The summed E-state index contributed by atoms with van der Waals surface area (Å²) in [5.74, 6) is 7.80. The topological polar surface area (TPSA) is 80.3 Å². The predicted molar refractivity (Wildman–Crippen MR) is 139 cm³/mol. The molecular formula is C27H32N6O. The number of unbranched alkanes of at least 4 members (excludes halogenated alkanes) is 1. The van der Waals surface area contributed by atoms with E-state index in [0.29, 0.717) is 23.1 Å². The number of aromatic nitrogens is 3. The summed E-state index contributed by atoms with van der Waals surface area (Å²) >= 11 is 0. The molecule has 0 unspecified atom stereocenters. The Balaban J connectivity index is 1.16. The van der Waals surface area contributed by atoms with Crippen molar-refractivity contribution < 1.29 is 0 Å². The van der Waals surface area contributed by atoms with Crippen molar-refractivity contribution in [3.8, 4) is 0 Å². The molecule has 0 spiro atoms. The van der Waals surface area contributed by atoms with E-state index in [0.717, 1.165) is 56.9 Å². The fraction of sp³-hybridized carbons (Fsp3) is 0.370. The van der Waals surface area contributed by atoms with E-state index in [1.165, 1.54) is 21.2 Å². The first-order chi connectivity index (χ1) is 16.5. The number of hydrogen-bond acceptors (Lipinski definition) is 6. The number of piperazine rings is 1. The van der Waals surface area contributed by atoms with Crippen molar-refractivity contribution in [2.24, 2.45) is 0 Å². The third-order valence-electron chi connectivity index (χ3n) is 7.11. The highest BCUT2D eigenvalue weighted by molar-refractivity contribution is 5.85. The molecule has 0 amide bonds. The standard InChI is InChI=1S/C27H32N6O/c1-19-20(2)26(30-23-11-5-3-9-21(19)23)32-17-15-31(16-18-32)14-8-7-13-25-29-24-12-6-4-10-22(24)27(34)33(25)28/h3-6,9-12H,7-8,13-18,28H2,1-2H3. The van der Waals surface area contributed by atoms with Crippen LogP contribution in [0, 0.1) is 13.8 Å². The second-order valence-electron chi connectivity index (χ2n) is 9.21. The van der Waals surface area contributed by atoms with Crippen LogP contribution in [0.3, 0.4) is 0 Å². The Labute approximate surface area is 199 Å². The predicted octanol–water partition coefficient (Wildman–Crippen LogP) is 3.42. The van der Waals surface area contributed by atoms with Gasteiger partial charge >= 0.3 is 0 Å². The number of nitrogen functional groups attached to an aromatic ring is 1. The van der Waals surface area contributed by atoms with Gasteiger partial charge in [-0.15, -0.1) is 0 Å². The van der Waals surface area contributed by atoms with E-state index in [1.54, 1.807) is 6.07 Å². The van der Waals surface area contributed by atoms with Gasteiger partial charge in [-0.25, -0.2) is 14.6 Å². The van der Waals surface area contributed by atoms with E-state index in [-0.39, 0.29) is 5.56 Å². The Morgan fingerprint density at radius 1 is 0.824 bits per heavy atom. The number of rotatable bonds is 6. The quantitative estimate of drug-likeness (QED) is 0.354. The zero-order chi connectivity index (χ0) is 23.7. The molecule has 0 saturated carbocycles. The molecule has 176 valence electrons. The van der Waals surface area contributed by atoms with Gasteiger partial charge in [0.1, 0.15) is 11.6 Å². The molecular weight excluding hydrogens is 424 g/mol. The highest BCUT2D eigenvalue weighted by Gasteiger charge is 2.21.